The molecule has 0 radical (unpaired) electrons. The first kappa shape index (κ1) is 21.4. The molecule has 0 aliphatic rings. The predicted octanol–water partition coefficient (Wildman–Crippen LogP) is 2.29. The molecule has 3 heterocycles. The van der Waals surface area contributed by atoms with Crippen molar-refractivity contribution in [3.8, 4) is 0 Å². The van der Waals surface area contributed by atoms with Gasteiger partial charge in [0, 0.05) is 36.5 Å². The van der Waals surface area contributed by atoms with E-state index in [0.29, 0.717) is 22.2 Å². The summed E-state index contributed by atoms with van der Waals surface area (Å²) in [5.74, 6) is -0.230. The average Bonchev–Trinajstić information content (AvgIpc) is 3.17. The van der Waals surface area contributed by atoms with Gasteiger partial charge in [0.2, 0.25) is 5.91 Å². The number of halogens is 1. The number of benzene rings is 1. The fourth-order valence-corrected chi connectivity index (χ4v) is 3.67. The molecule has 32 heavy (non-hydrogen) atoms. The average molecular weight is 451 g/mol. The second kappa shape index (κ2) is 9.52. The molecule has 0 aliphatic heterocycles. The Morgan fingerprint density at radius 3 is 2.72 bits per heavy atom. The molecular weight excluding hydrogens is 433 g/mol. The van der Waals surface area contributed by atoms with Crippen LogP contribution in [0.5, 0.6) is 0 Å². The van der Waals surface area contributed by atoms with Gasteiger partial charge in [0.25, 0.3) is 5.56 Å². The fourth-order valence-electron chi connectivity index (χ4n) is 2.83. The first-order valence-electron chi connectivity index (χ1n) is 9.56. The minimum absolute atomic E-state index is 0.0575. The summed E-state index contributed by atoms with van der Waals surface area (Å²) in [6.07, 6.45) is 4.70. The monoisotopic (exact) mass is 451 g/mol. The zero-order chi connectivity index (χ0) is 22.5. The van der Waals surface area contributed by atoms with Crippen LogP contribution < -0.4 is 10.9 Å². The van der Waals surface area contributed by atoms with E-state index >= 15 is 0 Å². The van der Waals surface area contributed by atoms with Gasteiger partial charge in [0.05, 0.1) is 30.6 Å². The number of aryl methyl sites for hydroxylation is 1. The Kier molecular flexibility index (Phi) is 6.36. The highest BCUT2D eigenvalue weighted by Gasteiger charge is 2.15. The van der Waals surface area contributed by atoms with Crippen LogP contribution in [0.25, 0.3) is 0 Å². The van der Waals surface area contributed by atoms with Gasteiger partial charge in [-0.15, -0.1) is 0 Å². The van der Waals surface area contributed by atoms with Crippen molar-refractivity contribution in [2.45, 2.75) is 22.9 Å². The smallest absolute Gasteiger partial charge is 0.267 e. The van der Waals surface area contributed by atoms with Crippen LogP contribution in [0.3, 0.4) is 0 Å². The maximum Gasteiger partial charge on any atom is 0.267 e. The normalized spacial score (nSPS) is 10.8. The lowest BCUT2D eigenvalue weighted by Gasteiger charge is -2.10. The Balaban J connectivity index is 1.60. The molecule has 9 nitrogen and oxygen atoms in total. The molecule has 11 heteroatoms. The molecule has 3 aromatic heterocycles. The summed E-state index contributed by atoms with van der Waals surface area (Å²) in [6.45, 7) is 0.114. The van der Waals surface area contributed by atoms with Gasteiger partial charge in [0.1, 0.15) is 10.8 Å². The molecule has 0 fully saturated rings. The number of hydrogen-bond donors (Lipinski definition) is 1. The topological polar surface area (TPSA) is 108 Å². The van der Waals surface area contributed by atoms with Gasteiger partial charge in [-0.2, -0.15) is 10.2 Å². The first-order valence-corrected chi connectivity index (χ1v) is 10.4. The number of anilines is 1. The van der Waals surface area contributed by atoms with E-state index in [1.807, 2.05) is 0 Å². The van der Waals surface area contributed by atoms with E-state index in [0.717, 1.165) is 4.90 Å². The van der Waals surface area contributed by atoms with Crippen molar-refractivity contribution in [1.29, 1.82) is 0 Å². The molecule has 1 N–H and O–H groups in total. The quantitative estimate of drug-likeness (QED) is 0.459. The van der Waals surface area contributed by atoms with Crippen LogP contribution in [0.15, 0.2) is 75.8 Å². The molecular formula is C21H18FN7O2S. The molecule has 0 saturated heterocycles. The lowest BCUT2D eigenvalue weighted by molar-refractivity contribution is -0.115. The predicted molar refractivity (Wildman–Crippen MR) is 116 cm³/mol. The zero-order valence-corrected chi connectivity index (χ0v) is 17.8. The maximum absolute atomic E-state index is 13.2. The number of hydrogen-bond acceptors (Lipinski definition) is 7. The van der Waals surface area contributed by atoms with Gasteiger partial charge in [-0.3, -0.25) is 19.3 Å². The molecule has 0 aliphatic carbocycles. The van der Waals surface area contributed by atoms with Crippen molar-refractivity contribution >= 4 is 23.5 Å². The van der Waals surface area contributed by atoms with Gasteiger partial charge in [0.15, 0.2) is 5.82 Å². The molecule has 1 amide bonds. The highest BCUT2D eigenvalue weighted by molar-refractivity contribution is 7.99. The minimum Gasteiger partial charge on any atom is -0.309 e. The van der Waals surface area contributed by atoms with Crippen molar-refractivity contribution < 1.29 is 9.18 Å². The van der Waals surface area contributed by atoms with E-state index in [1.165, 1.54) is 47.0 Å². The third kappa shape index (κ3) is 5.43. The lowest BCUT2D eigenvalue weighted by Crippen LogP contribution is -2.23. The number of carbonyl (C=O) groups is 1. The molecule has 162 valence electrons. The second-order valence-electron chi connectivity index (χ2n) is 6.79. The summed E-state index contributed by atoms with van der Waals surface area (Å²) in [5.41, 5.74) is 0.637. The summed E-state index contributed by atoms with van der Waals surface area (Å²) in [5, 5.41) is 11.4. The number of rotatable bonds is 7. The Labute approximate surface area is 186 Å². The van der Waals surface area contributed by atoms with Crippen LogP contribution in [0.1, 0.15) is 11.4 Å². The summed E-state index contributed by atoms with van der Waals surface area (Å²) in [7, 11) is 1.75. The van der Waals surface area contributed by atoms with Crippen LogP contribution in [-0.2, 0) is 24.8 Å². The highest BCUT2D eigenvalue weighted by atomic mass is 32.2. The first-order chi connectivity index (χ1) is 15.5. The van der Waals surface area contributed by atoms with Crippen molar-refractivity contribution in [3.05, 3.63) is 88.6 Å². The Morgan fingerprint density at radius 1 is 1.19 bits per heavy atom. The van der Waals surface area contributed by atoms with Crippen molar-refractivity contribution in [2.24, 2.45) is 7.05 Å². The van der Waals surface area contributed by atoms with Crippen LogP contribution in [0, 0.1) is 5.82 Å². The molecule has 0 bridgehead atoms. The third-order valence-electron chi connectivity index (χ3n) is 4.29. The molecule has 1 aromatic carbocycles. The Bertz CT molecular complexity index is 1300. The van der Waals surface area contributed by atoms with Gasteiger partial charge in [-0.05, 0) is 30.3 Å². The van der Waals surface area contributed by atoms with E-state index in [2.05, 4.69) is 25.5 Å². The molecule has 4 aromatic rings. The van der Waals surface area contributed by atoms with Gasteiger partial charge >= 0.3 is 0 Å². The van der Waals surface area contributed by atoms with Crippen LogP contribution in [0.2, 0.25) is 0 Å². The Morgan fingerprint density at radius 2 is 2.00 bits per heavy atom. The SMILES string of the molecule is Cn1ccc(NC(=O)Cc2nc(Cn3ncccc3=O)cnc2Sc2ccc(F)cc2)n1. The van der Waals surface area contributed by atoms with Crippen LogP contribution in [0.4, 0.5) is 10.2 Å². The van der Waals surface area contributed by atoms with E-state index in [1.54, 1.807) is 42.2 Å². The van der Waals surface area contributed by atoms with Crippen molar-refractivity contribution in [1.82, 2.24) is 29.5 Å². The summed E-state index contributed by atoms with van der Waals surface area (Å²) in [4.78, 5) is 34.3. The van der Waals surface area contributed by atoms with Gasteiger partial charge < -0.3 is 5.32 Å². The molecule has 0 saturated carbocycles. The number of nitrogens with one attached hydrogen (secondary N) is 1. The second-order valence-corrected chi connectivity index (χ2v) is 7.85. The van der Waals surface area contributed by atoms with E-state index in [-0.39, 0.29) is 30.2 Å². The number of nitrogens with zero attached hydrogens (tertiary/aromatic N) is 6. The van der Waals surface area contributed by atoms with Gasteiger partial charge in [-0.1, -0.05) is 11.8 Å². The largest absolute Gasteiger partial charge is 0.309 e. The van der Waals surface area contributed by atoms with Crippen LogP contribution in [-0.4, -0.2) is 35.4 Å². The summed E-state index contributed by atoms with van der Waals surface area (Å²) in [6, 6.07) is 10.6. The van der Waals surface area contributed by atoms with E-state index in [4.69, 9.17) is 0 Å². The zero-order valence-electron chi connectivity index (χ0n) is 17.0. The van der Waals surface area contributed by atoms with Crippen LogP contribution >= 0.6 is 11.8 Å². The third-order valence-corrected chi connectivity index (χ3v) is 5.33. The number of aromatic nitrogens is 6. The summed E-state index contributed by atoms with van der Waals surface area (Å²) < 4.78 is 16.1. The molecule has 4 rings (SSSR count). The fraction of sp³-hybridized carbons (Fsp3) is 0.143. The van der Waals surface area contributed by atoms with E-state index in [9.17, 15) is 14.0 Å². The molecule has 0 atom stereocenters. The highest BCUT2D eigenvalue weighted by Crippen LogP contribution is 2.28. The van der Waals surface area contributed by atoms with Crippen molar-refractivity contribution in [2.75, 3.05) is 5.32 Å². The number of amides is 1. The lowest BCUT2D eigenvalue weighted by atomic mass is 10.3. The molecule has 0 unspecified atom stereocenters. The minimum atomic E-state index is -0.341. The molecule has 0 spiro atoms. The van der Waals surface area contributed by atoms with Crippen molar-refractivity contribution in [3.63, 3.8) is 0 Å². The number of carbonyl (C=O) groups excluding carboxylic acids is 1. The maximum atomic E-state index is 13.2. The van der Waals surface area contributed by atoms with Gasteiger partial charge in [-0.25, -0.2) is 14.1 Å². The Hall–Kier alpha value is -3.86. The van der Waals surface area contributed by atoms with E-state index < -0.39 is 0 Å². The standard InChI is InChI=1S/C21H18FN7O2S/c1-28-10-8-18(27-28)26-19(30)11-17-21(32-16-6-4-14(22)5-7-16)23-12-15(25-17)13-29-20(31)3-2-9-24-29/h2-10,12H,11,13H2,1H3,(H,26,27,30). The summed E-state index contributed by atoms with van der Waals surface area (Å²) >= 11 is 1.27.